The number of halogens is 1. The number of anilines is 2. The van der Waals surface area contributed by atoms with Gasteiger partial charge in [0.05, 0.1) is 18.5 Å². The van der Waals surface area contributed by atoms with E-state index in [0.717, 1.165) is 0 Å². The molecule has 10 heteroatoms. The highest BCUT2D eigenvalue weighted by atomic mass is 19.1. The minimum Gasteiger partial charge on any atom is -0.392 e. The van der Waals surface area contributed by atoms with Crippen molar-refractivity contribution in [3.05, 3.63) is 11.9 Å². The number of hydrogen-bond acceptors (Lipinski definition) is 8. The van der Waals surface area contributed by atoms with Gasteiger partial charge in [0.2, 0.25) is 5.95 Å². The second-order valence-corrected chi connectivity index (χ2v) is 4.89. The molecule has 0 spiro atoms. The summed E-state index contributed by atoms with van der Waals surface area (Å²) in [5.41, 5.74) is 9.65. The molecule has 1 aliphatic rings. The molecule has 4 unspecified atom stereocenters. The van der Waals surface area contributed by atoms with E-state index >= 15 is 0 Å². The topological polar surface area (TPSA) is 145 Å². The Morgan fingerprint density at radius 1 is 1.55 bits per heavy atom. The highest BCUT2D eigenvalue weighted by molar-refractivity contribution is 5.60. The summed E-state index contributed by atoms with van der Waals surface area (Å²) in [4.78, 5) is 7.72. The highest BCUT2D eigenvalue weighted by Crippen LogP contribution is 2.41. The Balaban J connectivity index is 2.11. The van der Waals surface area contributed by atoms with Crippen LogP contribution in [-0.2, 0) is 4.74 Å². The number of aromatic nitrogens is 4. The second-order valence-electron chi connectivity index (χ2n) is 4.89. The van der Waals surface area contributed by atoms with Crippen LogP contribution in [-0.4, -0.2) is 54.3 Å². The summed E-state index contributed by atoms with van der Waals surface area (Å²) in [5, 5.41) is 23.2. The lowest BCUT2D eigenvalue weighted by atomic mass is 9.96. The Bertz CT molecular complexity index is 774. The molecule has 1 aliphatic heterocycles. The summed E-state index contributed by atoms with van der Waals surface area (Å²) < 4.78 is 21.0. The summed E-state index contributed by atoms with van der Waals surface area (Å²) in [7, 11) is 0. The Morgan fingerprint density at radius 2 is 2.27 bits per heavy atom. The highest BCUT2D eigenvalue weighted by Gasteiger charge is 2.55. The van der Waals surface area contributed by atoms with Crippen molar-refractivity contribution >= 4 is 17.4 Å². The molecule has 0 bridgehead atoms. The number of ether oxygens (including phenoxy) is 1. The van der Waals surface area contributed by atoms with Gasteiger partial charge in [-0.25, -0.2) is 13.9 Å². The summed E-state index contributed by atoms with van der Waals surface area (Å²) in [6.07, 6.45) is 1.65. The van der Waals surface area contributed by atoms with E-state index in [9.17, 15) is 14.6 Å². The first kappa shape index (κ1) is 14.5. The lowest BCUT2D eigenvalue weighted by Gasteiger charge is -2.23. The van der Waals surface area contributed by atoms with Gasteiger partial charge in [-0.2, -0.15) is 4.98 Å². The van der Waals surface area contributed by atoms with Gasteiger partial charge in [0.1, 0.15) is 12.2 Å². The number of nitrogens with two attached hydrogens (primary N) is 2. The molecule has 2 aromatic heterocycles. The predicted octanol–water partition coefficient (Wildman–Crippen LogP) is -1.58. The quantitative estimate of drug-likeness (QED) is 0.487. The van der Waals surface area contributed by atoms with E-state index < -0.39 is 30.6 Å². The smallest absolute Gasteiger partial charge is 0.240 e. The predicted molar refractivity (Wildman–Crippen MR) is 73.0 cm³/mol. The maximum atomic E-state index is 14.4. The molecule has 0 aliphatic carbocycles. The third kappa shape index (κ3) is 1.80. The third-order valence-electron chi connectivity index (χ3n) is 3.61. The van der Waals surface area contributed by atoms with Crippen molar-refractivity contribution in [2.24, 2.45) is 0 Å². The number of aliphatic hydroxyl groups excluding tert-OH is 2. The molecular weight excluding hydrogens is 295 g/mol. The molecule has 0 amide bonds. The van der Waals surface area contributed by atoms with E-state index in [4.69, 9.17) is 22.6 Å². The molecule has 0 saturated carbocycles. The summed E-state index contributed by atoms with van der Waals surface area (Å²) in [5.74, 6) is 1.97. The maximum Gasteiger partial charge on any atom is 0.240 e. The molecule has 3 heterocycles. The first-order valence-electron chi connectivity index (χ1n) is 6.28. The van der Waals surface area contributed by atoms with Gasteiger partial charge in [-0.1, -0.05) is 5.92 Å². The Labute approximate surface area is 123 Å². The van der Waals surface area contributed by atoms with Crippen LogP contribution in [0.5, 0.6) is 0 Å². The summed E-state index contributed by atoms with van der Waals surface area (Å²) in [6.45, 7) is -0.739. The number of alkyl halides is 1. The fraction of sp³-hybridized carbons (Fsp3) is 0.417. The number of terminal acetylenes is 1. The van der Waals surface area contributed by atoms with E-state index in [2.05, 4.69) is 21.0 Å². The molecule has 0 radical (unpaired) electrons. The largest absolute Gasteiger partial charge is 0.392 e. The molecular formula is C12H13FN6O3. The molecule has 116 valence electrons. The number of imidazole rings is 1. The first-order valence-corrected chi connectivity index (χ1v) is 6.28. The van der Waals surface area contributed by atoms with Crippen molar-refractivity contribution in [1.82, 2.24) is 19.6 Å². The molecule has 1 fully saturated rings. The third-order valence-corrected chi connectivity index (χ3v) is 3.61. The van der Waals surface area contributed by atoms with Gasteiger partial charge in [0.15, 0.2) is 23.2 Å². The Morgan fingerprint density at radius 3 is 2.86 bits per heavy atom. The molecule has 0 aromatic carbocycles. The van der Waals surface area contributed by atoms with Crippen LogP contribution < -0.4 is 11.5 Å². The van der Waals surface area contributed by atoms with Crippen LogP contribution in [0.15, 0.2) is 6.20 Å². The van der Waals surface area contributed by atoms with Crippen LogP contribution >= 0.6 is 0 Å². The van der Waals surface area contributed by atoms with Gasteiger partial charge in [-0.15, -0.1) is 11.5 Å². The van der Waals surface area contributed by atoms with Gasteiger partial charge in [0.25, 0.3) is 0 Å². The van der Waals surface area contributed by atoms with E-state index in [-0.39, 0.29) is 23.1 Å². The normalized spacial score (nSPS) is 31.5. The van der Waals surface area contributed by atoms with E-state index in [0.29, 0.717) is 0 Å². The maximum absolute atomic E-state index is 14.4. The first-order chi connectivity index (χ1) is 10.4. The SMILES string of the molecule is C#CC1(CO)OC(c2cnc3c(N)nc(N)nn23)C(F)C1O. The van der Waals surface area contributed by atoms with Crippen molar-refractivity contribution in [3.8, 4) is 12.3 Å². The van der Waals surface area contributed by atoms with Crippen molar-refractivity contribution in [2.45, 2.75) is 24.0 Å². The molecule has 6 N–H and O–H groups in total. The minimum atomic E-state index is -1.89. The molecule has 9 nitrogen and oxygen atoms in total. The number of nitrogen functional groups attached to an aromatic ring is 2. The van der Waals surface area contributed by atoms with Gasteiger partial charge >= 0.3 is 0 Å². The van der Waals surface area contributed by atoms with Crippen molar-refractivity contribution in [3.63, 3.8) is 0 Å². The van der Waals surface area contributed by atoms with Gasteiger partial charge in [0, 0.05) is 0 Å². The number of rotatable bonds is 2. The molecule has 1 saturated heterocycles. The summed E-state index contributed by atoms with van der Waals surface area (Å²) >= 11 is 0. The van der Waals surface area contributed by atoms with Crippen molar-refractivity contribution in [1.29, 1.82) is 0 Å². The monoisotopic (exact) mass is 308 g/mol. The zero-order chi connectivity index (χ0) is 16.1. The molecule has 2 aromatic rings. The van der Waals surface area contributed by atoms with Crippen molar-refractivity contribution in [2.75, 3.05) is 18.1 Å². The fourth-order valence-corrected chi connectivity index (χ4v) is 2.43. The van der Waals surface area contributed by atoms with E-state index in [1.54, 1.807) is 0 Å². The van der Waals surface area contributed by atoms with Crippen LogP contribution in [0.4, 0.5) is 16.2 Å². The van der Waals surface area contributed by atoms with Crippen molar-refractivity contribution < 1.29 is 19.3 Å². The van der Waals surface area contributed by atoms with E-state index in [1.807, 2.05) is 0 Å². The van der Waals surface area contributed by atoms with Crippen LogP contribution in [0.25, 0.3) is 5.65 Å². The molecule has 4 atom stereocenters. The number of nitrogens with zero attached hydrogens (tertiary/aromatic N) is 4. The van der Waals surface area contributed by atoms with Gasteiger partial charge < -0.3 is 26.4 Å². The van der Waals surface area contributed by atoms with Crippen LogP contribution in [0, 0.1) is 12.3 Å². The van der Waals surface area contributed by atoms with Crippen LogP contribution in [0.2, 0.25) is 0 Å². The second kappa shape index (κ2) is 4.77. The average molecular weight is 308 g/mol. The Kier molecular flexibility index (Phi) is 3.13. The Hall–Kier alpha value is -2.48. The number of fused-ring (bicyclic) bond motifs is 1. The fourth-order valence-electron chi connectivity index (χ4n) is 2.43. The zero-order valence-electron chi connectivity index (χ0n) is 11.2. The lowest BCUT2D eigenvalue weighted by Crippen LogP contribution is -2.44. The van der Waals surface area contributed by atoms with E-state index in [1.165, 1.54) is 10.7 Å². The minimum absolute atomic E-state index is 0.0121. The summed E-state index contributed by atoms with van der Waals surface area (Å²) in [6, 6.07) is 0. The lowest BCUT2D eigenvalue weighted by molar-refractivity contribution is -0.0732. The standard InChI is InChI=1S/C12H13FN6O3/c1-2-12(4-20)8(21)6(13)7(22-12)5-3-16-10-9(14)17-11(15)18-19(5)10/h1,3,6-8,20-21H,4H2,(H4,14,15,17,18). The molecule has 22 heavy (non-hydrogen) atoms. The average Bonchev–Trinajstić information content (AvgIpc) is 3.01. The van der Waals surface area contributed by atoms with Crippen LogP contribution in [0.1, 0.15) is 11.8 Å². The molecule has 3 rings (SSSR count). The zero-order valence-corrected chi connectivity index (χ0v) is 11.2. The number of aliphatic hydroxyl groups is 2. The number of hydrogen-bond donors (Lipinski definition) is 4. The van der Waals surface area contributed by atoms with Crippen LogP contribution in [0.3, 0.4) is 0 Å². The van der Waals surface area contributed by atoms with Gasteiger partial charge in [-0.05, 0) is 0 Å². The van der Waals surface area contributed by atoms with Gasteiger partial charge in [-0.3, -0.25) is 0 Å².